The largest absolute Gasteiger partial charge is 0.342 e. The van der Waals surface area contributed by atoms with E-state index in [2.05, 4.69) is 11.9 Å². The van der Waals surface area contributed by atoms with E-state index in [1.165, 1.54) is 51.1 Å². The van der Waals surface area contributed by atoms with Crippen LogP contribution in [0.3, 0.4) is 0 Å². The first-order valence-electron chi connectivity index (χ1n) is 5.64. The molecule has 1 fully saturated rings. The average molecular weight is 185 g/mol. The number of unbranched alkanes of at least 4 members (excludes halogenated alkanes) is 1. The summed E-state index contributed by atoms with van der Waals surface area (Å²) in [6.07, 6.45) is 8.79. The molecule has 0 aromatic rings. The van der Waals surface area contributed by atoms with Crippen LogP contribution in [-0.4, -0.2) is 16.2 Å². The first-order chi connectivity index (χ1) is 5.93. The van der Waals surface area contributed by atoms with Crippen molar-refractivity contribution in [1.29, 1.82) is 0 Å². The molecule has 0 radical (unpaired) electrons. The van der Waals surface area contributed by atoms with Crippen LogP contribution in [0.4, 0.5) is 0 Å². The fourth-order valence-electron chi connectivity index (χ4n) is 2.04. The molecule has 0 aliphatic carbocycles. The predicted octanol–water partition coefficient (Wildman–Crippen LogP) is 2.07. The third kappa shape index (κ3) is 4.26. The van der Waals surface area contributed by atoms with Crippen molar-refractivity contribution < 1.29 is 0 Å². The fourth-order valence-corrected chi connectivity index (χ4v) is 3.28. The number of rotatable bonds is 3. The lowest BCUT2D eigenvalue weighted by atomic mass is 9.94. The maximum absolute atomic E-state index is 3.63. The van der Waals surface area contributed by atoms with Crippen LogP contribution >= 0.6 is 0 Å². The zero-order valence-corrected chi connectivity index (χ0v) is 9.86. The van der Waals surface area contributed by atoms with E-state index in [9.17, 15) is 0 Å². The summed E-state index contributed by atoms with van der Waals surface area (Å²) in [5.74, 6) is 1.05. The van der Waals surface area contributed by atoms with E-state index >= 15 is 0 Å². The molecule has 12 heavy (non-hydrogen) atoms. The molecule has 1 N–H and O–H groups in total. The molecule has 72 valence electrons. The Labute approximate surface area is 79.2 Å². The first kappa shape index (κ1) is 10.3. The van der Waals surface area contributed by atoms with Crippen molar-refractivity contribution >= 4 is 9.68 Å². The Balaban J connectivity index is 2.11. The number of hydrogen-bond donors (Lipinski definition) is 1. The van der Waals surface area contributed by atoms with Crippen LogP contribution in [0.5, 0.6) is 0 Å². The van der Waals surface area contributed by atoms with Crippen LogP contribution < -0.4 is 4.98 Å². The highest BCUT2D eigenvalue weighted by atomic mass is 28.2. The van der Waals surface area contributed by atoms with Crippen molar-refractivity contribution in [1.82, 2.24) is 4.98 Å². The van der Waals surface area contributed by atoms with Gasteiger partial charge in [-0.25, -0.2) is 0 Å². The van der Waals surface area contributed by atoms with Gasteiger partial charge in [0.1, 0.15) is 0 Å². The lowest BCUT2D eigenvalue weighted by Gasteiger charge is -2.19. The minimum atomic E-state index is 0.160. The van der Waals surface area contributed by atoms with Gasteiger partial charge in [-0.2, -0.15) is 0 Å². The summed E-state index contributed by atoms with van der Waals surface area (Å²) in [6.45, 7) is 3.62. The summed E-state index contributed by atoms with van der Waals surface area (Å²) in [6, 6.07) is 1.53. The Bertz CT molecular complexity index is 95.3. The Morgan fingerprint density at radius 3 is 3.17 bits per heavy atom. The normalized spacial score (nSPS) is 28.2. The van der Waals surface area contributed by atoms with Gasteiger partial charge in [0.25, 0.3) is 0 Å². The standard InChI is InChI=1S/C10H23NSi/c1-2-3-5-10-6-4-9-12-11-8-7-10/h10-11H,2-9,12H2,1H3. The van der Waals surface area contributed by atoms with Crippen molar-refractivity contribution in [3.63, 3.8) is 0 Å². The van der Waals surface area contributed by atoms with Gasteiger partial charge >= 0.3 is 0 Å². The van der Waals surface area contributed by atoms with E-state index in [0.717, 1.165) is 5.92 Å². The van der Waals surface area contributed by atoms with Crippen molar-refractivity contribution in [2.75, 3.05) is 6.54 Å². The molecule has 1 aliphatic rings. The SMILES string of the molecule is CCCCC1CCC[SiH2]NCC1. The minimum absolute atomic E-state index is 0.160. The number of hydrogen-bond acceptors (Lipinski definition) is 1. The monoisotopic (exact) mass is 185 g/mol. The maximum Gasteiger partial charge on any atom is 0.0916 e. The lowest BCUT2D eigenvalue weighted by molar-refractivity contribution is 0.396. The summed E-state index contributed by atoms with van der Waals surface area (Å²) in [5.41, 5.74) is 0. The molecule has 2 heteroatoms. The van der Waals surface area contributed by atoms with Crippen LogP contribution in [0.2, 0.25) is 6.04 Å². The molecule has 1 unspecified atom stereocenters. The lowest BCUT2D eigenvalue weighted by Crippen LogP contribution is -2.24. The Kier molecular flexibility index (Phi) is 5.70. The highest BCUT2D eigenvalue weighted by molar-refractivity contribution is 6.32. The van der Waals surface area contributed by atoms with Gasteiger partial charge in [0, 0.05) is 0 Å². The van der Waals surface area contributed by atoms with E-state index in [4.69, 9.17) is 0 Å². The maximum atomic E-state index is 3.63. The molecular weight excluding hydrogens is 162 g/mol. The van der Waals surface area contributed by atoms with Crippen LogP contribution in [0, 0.1) is 5.92 Å². The van der Waals surface area contributed by atoms with E-state index in [0.29, 0.717) is 0 Å². The van der Waals surface area contributed by atoms with Crippen molar-refractivity contribution in [2.24, 2.45) is 5.92 Å². The Hall–Kier alpha value is 0.177. The van der Waals surface area contributed by atoms with Crippen molar-refractivity contribution in [3.05, 3.63) is 0 Å². The van der Waals surface area contributed by atoms with Crippen molar-refractivity contribution in [3.8, 4) is 0 Å². The van der Waals surface area contributed by atoms with Gasteiger partial charge in [-0.3, -0.25) is 0 Å². The summed E-state index contributed by atoms with van der Waals surface area (Å²) < 4.78 is 0. The second kappa shape index (κ2) is 6.67. The molecular formula is C10H23NSi. The van der Waals surface area contributed by atoms with E-state index in [1.54, 1.807) is 0 Å². The number of nitrogens with one attached hydrogen (secondary N) is 1. The van der Waals surface area contributed by atoms with Gasteiger partial charge in [0.2, 0.25) is 0 Å². The second-order valence-corrected chi connectivity index (χ2v) is 5.75. The van der Waals surface area contributed by atoms with Crippen LogP contribution in [0.1, 0.15) is 45.4 Å². The predicted molar refractivity (Wildman–Crippen MR) is 58.2 cm³/mol. The van der Waals surface area contributed by atoms with Gasteiger partial charge in [0.05, 0.1) is 9.68 Å². The molecule has 1 atom stereocenters. The molecule has 0 aromatic heterocycles. The quantitative estimate of drug-likeness (QED) is 0.664. The molecule has 0 spiro atoms. The van der Waals surface area contributed by atoms with Gasteiger partial charge < -0.3 is 4.98 Å². The van der Waals surface area contributed by atoms with E-state index in [1.807, 2.05) is 0 Å². The molecule has 1 saturated heterocycles. The van der Waals surface area contributed by atoms with Gasteiger partial charge in [0.15, 0.2) is 0 Å². The van der Waals surface area contributed by atoms with Gasteiger partial charge in [-0.05, 0) is 24.9 Å². The summed E-state index contributed by atoms with van der Waals surface area (Å²) in [7, 11) is 0.160. The average Bonchev–Trinajstić information content (AvgIpc) is 2.02. The van der Waals surface area contributed by atoms with E-state index in [-0.39, 0.29) is 9.68 Å². The molecule has 1 rings (SSSR count). The molecule has 1 aliphatic heterocycles. The van der Waals surface area contributed by atoms with Gasteiger partial charge in [-0.15, -0.1) is 0 Å². The molecule has 1 heterocycles. The Morgan fingerprint density at radius 2 is 2.33 bits per heavy atom. The summed E-state index contributed by atoms with van der Waals surface area (Å²) >= 11 is 0. The van der Waals surface area contributed by atoms with Crippen LogP contribution in [0.15, 0.2) is 0 Å². The summed E-state index contributed by atoms with van der Waals surface area (Å²) in [4.78, 5) is 3.63. The fraction of sp³-hybridized carbons (Fsp3) is 1.00. The van der Waals surface area contributed by atoms with Crippen LogP contribution in [0.25, 0.3) is 0 Å². The minimum Gasteiger partial charge on any atom is -0.342 e. The smallest absolute Gasteiger partial charge is 0.0916 e. The zero-order valence-electron chi connectivity index (χ0n) is 8.44. The third-order valence-corrected chi connectivity index (χ3v) is 4.47. The zero-order chi connectivity index (χ0) is 8.65. The highest BCUT2D eigenvalue weighted by Gasteiger charge is 2.09. The van der Waals surface area contributed by atoms with E-state index < -0.39 is 0 Å². The first-order valence-corrected chi connectivity index (χ1v) is 7.35. The van der Waals surface area contributed by atoms with Crippen molar-refractivity contribution in [2.45, 2.75) is 51.5 Å². The van der Waals surface area contributed by atoms with Gasteiger partial charge in [-0.1, -0.05) is 39.0 Å². The second-order valence-electron chi connectivity index (χ2n) is 4.04. The molecule has 0 saturated carbocycles. The third-order valence-electron chi connectivity index (χ3n) is 2.91. The summed E-state index contributed by atoms with van der Waals surface area (Å²) in [5, 5.41) is 0. The highest BCUT2D eigenvalue weighted by Crippen LogP contribution is 2.20. The molecule has 0 bridgehead atoms. The van der Waals surface area contributed by atoms with Crippen LogP contribution in [-0.2, 0) is 0 Å². The Morgan fingerprint density at radius 1 is 1.42 bits per heavy atom. The molecule has 1 nitrogen and oxygen atoms in total. The topological polar surface area (TPSA) is 12.0 Å². The molecule has 0 aromatic carbocycles. The molecule has 0 amide bonds.